The summed E-state index contributed by atoms with van der Waals surface area (Å²) in [5.41, 5.74) is 0.558. The standard InChI is InChI=1S/C17H18F2N2O2S/c1-3-10-16(22)11-8-12(18)15(20-4-6-23-7-5-20)13(19)14(11)21-9(2)24-17(10)21/h8-9H,3-7H2,1-2H3. The lowest BCUT2D eigenvalue weighted by Crippen LogP contribution is -2.37. The summed E-state index contributed by atoms with van der Waals surface area (Å²) in [5.74, 6) is -1.32. The van der Waals surface area contributed by atoms with Crippen LogP contribution in [0.2, 0.25) is 0 Å². The second-order valence-electron chi connectivity index (χ2n) is 6.07. The zero-order valence-electron chi connectivity index (χ0n) is 13.6. The van der Waals surface area contributed by atoms with Crippen LogP contribution in [-0.4, -0.2) is 30.9 Å². The van der Waals surface area contributed by atoms with Gasteiger partial charge in [0.2, 0.25) is 0 Å². The van der Waals surface area contributed by atoms with Gasteiger partial charge in [-0.3, -0.25) is 4.79 Å². The van der Waals surface area contributed by atoms with Gasteiger partial charge >= 0.3 is 0 Å². The molecule has 1 atom stereocenters. The van der Waals surface area contributed by atoms with Gasteiger partial charge in [-0.15, -0.1) is 0 Å². The Morgan fingerprint density at radius 2 is 2.04 bits per heavy atom. The molecule has 0 N–H and O–H groups in total. The highest BCUT2D eigenvalue weighted by atomic mass is 32.2. The monoisotopic (exact) mass is 352 g/mol. The van der Waals surface area contributed by atoms with Crippen molar-refractivity contribution < 1.29 is 13.5 Å². The quantitative estimate of drug-likeness (QED) is 0.831. The van der Waals surface area contributed by atoms with Crippen molar-refractivity contribution in [2.24, 2.45) is 0 Å². The molecule has 1 unspecified atom stereocenters. The Balaban J connectivity index is 2.04. The predicted molar refractivity (Wildman–Crippen MR) is 91.1 cm³/mol. The van der Waals surface area contributed by atoms with E-state index in [-0.39, 0.29) is 27.4 Å². The van der Waals surface area contributed by atoms with Crippen LogP contribution in [0.25, 0.3) is 10.9 Å². The number of aromatic nitrogens is 1. The summed E-state index contributed by atoms with van der Waals surface area (Å²) in [5, 5.41) is 0.974. The molecule has 4 rings (SSSR count). The van der Waals surface area contributed by atoms with Gasteiger partial charge in [-0.1, -0.05) is 18.7 Å². The van der Waals surface area contributed by atoms with Crippen LogP contribution >= 0.6 is 11.8 Å². The van der Waals surface area contributed by atoms with Gasteiger partial charge in [0.25, 0.3) is 0 Å². The van der Waals surface area contributed by atoms with Crippen LogP contribution < -0.4 is 10.3 Å². The number of rotatable bonds is 2. The van der Waals surface area contributed by atoms with Gasteiger partial charge in [0.15, 0.2) is 11.2 Å². The SMILES string of the molecule is CCc1c2n(c3c(F)c(N4CCOCC4)c(F)cc3c1=O)C(C)S2. The van der Waals surface area contributed by atoms with Crippen LogP contribution in [0.5, 0.6) is 0 Å². The van der Waals surface area contributed by atoms with Gasteiger partial charge in [0.1, 0.15) is 11.5 Å². The molecule has 3 heterocycles. The van der Waals surface area contributed by atoms with Gasteiger partial charge in [0, 0.05) is 18.7 Å². The summed E-state index contributed by atoms with van der Waals surface area (Å²) in [6.07, 6.45) is 0.554. The summed E-state index contributed by atoms with van der Waals surface area (Å²) in [4.78, 5) is 14.3. The number of pyridine rings is 1. The van der Waals surface area contributed by atoms with Gasteiger partial charge in [-0.05, 0) is 19.4 Å². The number of benzene rings is 1. The highest BCUT2D eigenvalue weighted by Gasteiger charge is 2.33. The van der Waals surface area contributed by atoms with Crippen LogP contribution in [0.4, 0.5) is 14.5 Å². The molecule has 1 aromatic heterocycles. The Hall–Kier alpha value is -1.60. The van der Waals surface area contributed by atoms with E-state index in [2.05, 4.69) is 0 Å². The Labute approximate surface area is 142 Å². The molecular formula is C17H18F2N2O2S. The number of fused-ring (bicyclic) bond motifs is 3. The minimum Gasteiger partial charge on any atom is -0.378 e. The van der Waals surface area contributed by atoms with E-state index < -0.39 is 11.6 Å². The number of morpholine rings is 1. The van der Waals surface area contributed by atoms with E-state index in [9.17, 15) is 9.18 Å². The van der Waals surface area contributed by atoms with Crippen LogP contribution in [0.1, 0.15) is 24.8 Å². The van der Waals surface area contributed by atoms with Crippen LogP contribution in [0, 0.1) is 11.6 Å². The predicted octanol–water partition coefficient (Wildman–Crippen LogP) is 3.30. The molecule has 4 nitrogen and oxygen atoms in total. The van der Waals surface area contributed by atoms with Gasteiger partial charge < -0.3 is 14.2 Å². The minimum atomic E-state index is -0.679. The first-order valence-electron chi connectivity index (χ1n) is 8.13. The maximum absolute atomic E-state index is 15.3. The van der Waals surface area contributed by atoms with Crippen molar-refractivity contribution in [1.29, 1.82) is 0 Å². The molecule has 0 amide bonds. The topological polar surface area (TPSA) is 34.5 Å². The first-order valence-corrected chi connectivity index (χ1v) is 9.01. The molecule has 1 aromatic carbocycles. The third kappa shape index (κ3) is 2.10. The molecule has 128 valence electrons. The molecule has 24 heavy (non-hydrogen) atoms. The molecule has 0 spiro atoms. The molecule has 1 fully saturated rings. The fourth-order valence-electron chi connectivity index (χ4n) is 3.54. The highest BCUT2D eigenvalue weighted by molar-refractivity contribution is 8.00. The molecule has 0 saturated carbocycles. The molecule has 1 saturated heterocycles. The first-order chi connectivity index (χ1) is 11.5. The molecule has 0 radical (unpaired) electrons. The summed E-state index contributed by atoms with van der Waals surface area (Å²) in [7, 11) is 0. The number of nitrogens with zero attached hydrogens (tertiary/aromatic N) is 2. The fourth-order valence-corrected chi connectivity index (χ4v) is 4.76. The van der Waals surface area contributed by atoms with Crippen molar-refractivity contribution in [1.82, 2.24) is 4.57 Å². The number of hydrogen-bond acceptors (Lipinski definition) is 4. The van der Waals surface area contributed by atoms with E-state index in [4.69, 9.17) is 4.74 Å². The van der Waals surface area contributed by atoms with Gasteiger partial charge in [0.05, 0.1) is 34.5 Å². The van der Waals surface area contributed by atoms with Crippen LogP contribution in [-0.2, 0) is 11.2 Å². The van der Waals surface area contributed by atoms with Crippen LogP contribution in [0.3, 0.4) is 0 Å². The van der Waals surface area contributed by atoms with E-state index in [1.54, 1.807) is 16.7 Å². The Kier molecular flexibility index (Phi) is 3.80. The van der Waals surface area contributed by atoms with Crippen molar-refractivity contribution in [2.45, 2.75) is 30.7 Å². The zero-order valence-corrected chi connectivity index (χ0v) is 14.4. The molecule has 0 bridgehead atoms. The second kappa shape index (κ2) is 5.74. The molecule has 0 aliphatic carbocycles. The van der Waals surface area contributed by atoms with E-state index in [1.807, 2.05) is 18.4 Å². The summed E-state index contributed by atoms with van der Waals surface area (Å²) < 4.78 is 37.0. The Morgan fingerprint density at radius 1 is 1.33 bits per heavy atom. The first kappa shape index (κ1) is 15.9. The molecule has 2 aliphatic rings. The fraction of sp³-hybridized carbons (Fsp3) is 0.471. The average Bonchev–Trinajstić information content (AvgIpc) is 2.57. The van der Waals surface area contributed by atoms with Crippen LogP contribution in [0.15, 0.2) is 15.9 Å². The number of halogens is 2. The van der Waals surface area contributed by atoms with Gasteiger partial charge in [-0.25, -0.2) is 8.78 Å². The number of anilines is 1. The van der Waals surface area contributed by atoms with E-state index in [0.29, 0.717) is 38.3 Å². The maximum Gasteiger partial charge on any atom is 0.193 e. The van der Waals surface area contributed by atoms with Crippen molar-refractivity contribution in [3.05, 3.63) is 33.5 Å². The lowest BCUT2D eigenvalue weighted by Gasteiger charge is -2.35. The zero-order chi connectivity index (χ0) is 17.0. The summed E-state index contributed by atoms with van der Waals surface area (Å²) in [6, 6.07) is 1.20. The maximum atomic E-state index is 15.3. The summed E-state index contributed by atoms with van der Waals surface area (Å²) in [6.45, 7) is 5.60. The summed E-state index contributed by atoms with van der Waals surface area (Å²) >= 11 is 1.56. The largest absolute Gasteiger partial charge is 0.378 e. The lowest BCUT2D eigenvalue weighted by molar-refractivity contribution is 0.122. The third-order valence-corrected chi connectivity index (χ3v) is 5.95. The van der Waals surface area contributed by atoms with Crippen molar-refractivity contribution in [2.75, 3.05) is 31.2 Å². The average molecular weight is 352 g/mol. The van der Waals surface area contributed by atoms with Crippen molar-refractivity contribution >= 4 is 28.4 Å². The van der Waals surface area contributed by atoms with Crippen molar-refractivity contribution in [3.63, 3.8) is 0 Å². The smallest absolute Gasteiger partial charge is 0.193 e. The number of hydrogen-bond donors (Lipinski definition) is 0. The van der Waals surface area contributed by atoms with Crippen molar-refractivity contribution in [3.8, 4) is 0 Å². The lowest BCUT2D eigenvalue weighted by atomic mass is 10.1. The van der Waals surface area contributed by atoms with E-state index in [1.165, 1.54) is 6.07 Å². The Bertz CT molecular complexity index is 891. The van der Waals surface area contributed by atoms with E-state index >= 15 is 4.39 Å². The molecule has 2 aliphatic heterocycles. The number of ether oxygens (including phenoxy) is 1. The van der Waals surface area contributed by atoms with Gasteiger partial charge in [-0.2, -0.15) is 0 Å². The molecule has 2 aromatic rings. The second-order valence-corrected chi connectivity index (χ2v) is 7.37. The molecular weight excluding hydrogens is 334 g/mol. The normalized spacial score (nSPS) is 20.2. The highest BCUT2D eigenvalue weighted by Crippen LogP contribution is 2.47. The van der Waals surface area contributed by atoms with E-state index in [0.717, 1.165) is 5.03 Å². The minimum absolute atomic E-state index is 0.0332. The Morgan fingerprint density at radius 3 is 2.67 bits per heavy atom. The molecule has 7 heteroatoms. The third-order valence-electron chi connectivity index (χ3n) is 4.73. The number of thioether (sulfide) groups is 1.